The lowest BCUT2D eigenvalue weighted by atomic mass is 10.1. The van der Waals surface area contributed by atoms with Gasteiger partial charge in [0.15, 0.2) is 0 Å². The first kappa shape index (κ1) is 11.2. The molecule has 0 aromatic rings. The van der Waals surface area contributed by atoms with Crippen LogP contribution in [0.5, 0.6) is 0 Å². The molecule has 1 radical (unpaired) electrons. The Hall–Kier alpha value is -1.26. The zero-order valence-corrected chi connectivity index (χ0v) is 9.45. The summed E-state index contributed by atoms with van der Waals surface area (Å²) in [6, 6.07) is -0.632. The lowest BCUT2D eigenvalue weighted by Gasteiger charge is -2.34. The molecule has 16 heavy (non-hydrogen) atoms. The number of carbonyl (C=O) groups is 2. The number of nitrogens with one attached hydrogen (secondary N) is 1. The first-order chi connectivity index (χ1) is 7.68. The molecule has 0 aromatic heterocycles. The van der Waals surface area contributed by atoms with Crippen LogP contribution in [0, 0.1) is 5.92 Å². The van der Waals surface area contributed by atoms with E-state index in [1.165, 1.54) is 17.7 Å². The second kappa shape index (κ2) is 4.72. The molecule has 0 bridgehead atoms. The monoisotopic (exact) mass is 224 g/mol. The summed E-state index contributed by atoms with van der Waals surface area (Å²) in [4.78, 5) is 26.2. The molecule has 1 saturated carbocycles. The highest BCUT2D eigenvalue weighted by atomic mass is 16.2. The van der Waals surface area contributed by atoms with Crippen LogP contribution in [0.2, 0.25) is 0 Å². The summed E-state index contributed by atoms with van der Waals surface area (Å²) >= 11 is 0. The largest absolute Gasteiger partial charge is 0.339 e. The van der Waals surface area contributed by atoms with Crippen molar-refractivity contribution in [3.8, 4) is 0 Å². The minimum Gasteiger partial charge on any atom is -0.339 e. The maximum absolute atomic E-state index is 12.1. The van der Waals surface area contributed by atoms with Crippen molar-refractivity contribution in [3.63, 3.8) is 0 Å². The number of hydrogen-bond donors (Lipinski definition) is 0. The molecule has 1 heterocycles. The standard InChI is InChI=1S/C11H18N3O2/c12-11(16)14-7-5-13(6-8-14)10(15)9-3-1-2-4-9/h9,12H,1-8H2. The van der Waals surface area contributed by atoms with Gasteiger partial charge in [-0.05, 0) is 12.8 Å². The summed E-state index contributed by atoms with van der Waals surface area (Å²) in [5.41, 5.74) is 7.00. The van der Waals surface area contributed by atoms with Gasteiger partial charge in [0.1, 0.15) is 0 Å². The van der Waals surface area contributed by atoms with E-state index in [1.807, 2.05) is 4.90 Å². The fourth-order valence-corrected chi connectivity index (χ4v) is 2.56. The van der Waals surface area contributed by atoms with Crippen LogP contribution in [0.25, 0.3) is 0 Å². The third-order valence-corrected chi connectivity index (χ3v) is 3.58. The zero-order chi connectivity index (χ0) is 11.5. The summed E-state index contributed by atoms with van der Waals surface area (Å²) in [6.45, 7) is 2.22. The van der Waals surface area contributed by atoms with Crippen molar-refractivity contribution in [1.29, 1.82) is 0 Å². The van der Waals surface area contributed by atoms with Crippen LogP contribution in [0.1, 0.15) is 25.7 Å². The number of carbonyl (C=O) groups excluding carboxylic acids is 2. The first-order valence-corrected chi connectivity index (χ1v) is 5.98. The molecule has 1 N–H and O–H groups in total. The van der Waals surface area contributed by atoms with E-state index in [9.17, 15) is 9.59 Å². The van der Waals surface area contributed by atoms with Crippen molar-refractivity contribution in [1.82, 2.24) is 15.5 Å². The maximum Gasteiger partial charge on any atom is 0.336 e. The van der Waals surface area contributed by atoms with Gasteiger partial charge in [0.2, 0.25) is 5.91 Å². The van der Waals surface area contributed by atoms with Crippen molar-refractivity contribution in [2.45, 2.75) is 25.7 Å². The molecule has 0 aromatic carbocycles. The normalized spacial score (nSPS) is 22.5. The fourth-order valence-electron chi connectivity index (χ4n) is 2.56. The second-order valence-corrected chi connectivity index (χ2v) is 4.60. The minimum absolute atomic E-state index is 0.221. The molecule has 5 nitrogen and oxygen atoms in total. The minimum atomic E-state index is -0.632. The Morgan fingerprint density at radius 2 is 1.44 bits per heavy atom. The van der Waals surface area contributed by atoms with E-state index in [0.717, 1.165) is 12.8 Å². The van der Waals surface area contributed by atoms with Crippen LogP contribution in [0.15, 0.2) is 0 Å². The van der Waals surface area contributed by atoms with Gasteiger partial charge in [-0.2, -0.15) is 0 Å². The van der Waals surface area contributed by atoms with E-state index in [2.05, 4.69) is 0 Å². The van der Waals surface area contributed by atoms with Crippen molar-refractivity contribution >= 4 is 11.9 Å². The Labute approximate surface area is 95.6 Å². The molecule has 1 saturated heterocycles. The van der Waals surface area contributed by atoms with E-state index in [-0.39, 0.29) is 11.8 Å². The van der Waals surface area contributed by atoms with E-state index in [0.29, 0.717) is 26.2 Å². The molecule has 2 rings (SSSR count). The molecule has 0 unspecified atom stereocenters. The summed E-state index contributed by atoms with van der Waals surface area (Å²) < 4.78 is 0. The number of nitrogens with zero attached hydrogens (tertiary/aromatic N) is 2. The Kier molecular flexibility index (Phi) is 3.31. The fraction of sp³-hybridized carbons (Fsp3) is 0.818. The van der Waals surface area contributed by atoms with Gasteiger partial charge in [-0.25, -0.2) is 10.5 Å². The molecule has 5 heteroatoms. The lowest BCUT2D eigenvalue weighted by molar-refractivity contribution is -0.136. The molecule has 0 spiro atoms. The first-order valence-electron chi connectivity index (χ1n) is 5.98. The Bertz CT molecular complexity index is 279. The predicted molar refractivity (Wildman–Crippen MR) is 58.6 cm³/mol. The van der Waals surface area contributed by atoms with Gasteiger partial charge in [0.05, 0.1) is 0 Å². The van der Waals surface area contributed by atoms with Crippen molar-refractivity contribution in [2.24, 2.45) is 5.92 Å². The SMILES string of the molecule is [NH]C(=O)N1CCN(C(=O)C2CCCC2)CC1. The smallest absolute Gasteiger partial charge is 0.336 e. The second-order valence-electron chi connectivity index (χ2n) is 4.60. The molecule has 2 fully saturated rings. The number of amides is 3. The highest BCUT2D eigenvalue weighted by Crippen LogP contribution is 2.26. The summed E-state index contributed by atoms with van der Waals surface area (Å²) in [5.74, 6) is 0.479. The molecule has 1 aliphatic heterocycles. The number of rotatable bonds is 1. The average Bonchev–Trinajstić information content (AvgIpc) is 2.81. The Morgan fingerprint density at radius 3 is 1.94 bits per heavy atom. The van der Waals surface area contributed by atoms with Gasteiger partial charge in [0, 0.05) is 32.1 Å². The molecule has 0 atom stereocenters. The van der Waals surface area contributed by atoms with Crippen LogP contribution in [-0.4, -0.2) is 47.9 Å². The maximum atomic E-state index is 12.1. The van der Waals surface area contributed by atoms with E-state index in [4.69, 9.17) is 5.73 Å². The van der Waals surface area contributed by atoms with Crippen LogP contribution >= 0.6 is 0 Å². The highest BCUT2D eigenvalue weighted by molar-refractivity contribution is 5.79. The summed E-state index contributed by atoms with van der Waals surface area (Å²) in [7, 11) is 0. The highest BCUT2D eigenvalue weighted by Gasteiger charge is 2.29. The topological polar surface area (TPSA) is 64.4 Å². The number of urea groups is 1. The van der Waals surface area contributed by atoms with Crippen LogP contribution < -0.4 is 5.73 Å². The van der Waals surface area contributed by atoms with E-state index in [1.54, 1.807) is 0 Å². The average molecular weight is 224 g/mol. The molecule has 1 aliphatic carbocycles. The van der Waals surface area contributed by atoms with Crippen molar-refractivity contribution < 1.29 is 9.59 Å². The van der Waals surface area contributed by atoms with Crippen LogP contribution in [0.3, 0.4) is 0 Å². The summed E-state index contributed by atoms with van der Waals surface area (Å²) in [5, 5.41) is 0. The zero-order valence-electron chi connectivity index (χ0n) is 9.45. The van der Waals surface area contributed by atoms with Gasteiger partial charge < -0.3 is 9.80 Å². The molecule has 2 aliphatic rings. The predicted octanol–water partition coefficient (Wildman–Crippen LogP) is 0.724. The molecule has 3 amide bonds. The number of piperazine rings is 1. The van der Waals surface area contributed by atoms with Gasteiger partial charge in [0.25, 0.3) is 0 Å². The van der Waals surface area contributed by atoms with Gasteiger partial charge in [-0.1, -0.05) is 12.8 Å². The lowest BCUT2D eigenvalue weighted by Crippen LogP contribution is -2.51. The quantitative estimate of drug-likeness (QED) is 0.659. The third kappa shape index (κ3) is 2.28. The van der Waals surface area contributed by atoms with Gasteiger partial charge in [-0.15, -0.1) is 0 Å². The third-order valence-electron chi connectivity index (χ3n) is 3.58. The molecular formula is C11H18N3O2. The Balaban J connectivity index is 1.84. The van der Waals surface area contributed by atoms with Crippen LogP contribution in [0.4, 0.5) is 4.79 Å². The van der Waals surface area contributed by atoms with Crippen molar-refractivity contribution in [3.05, 3.63) is 0 Å². The van der Waals surface area contributed by atoms with E-state index < -0.39 is 6.03 Å². The van der Waals surface area contributed by atoms with Crippen LogP contribution in [-0.2, 0) is 4.79 Å². The molecule has 89 valence electrons. The van der Waals surface area contributed by atoms with Crippen molar-refractivity contribution in [2.75, 3.05) is 26.2 Å². The van der Waals surface area contributed by atoms with Gasteiger partial charge >= 0.3 is 6.03 Å². The number of hydrogen-bond acceptors (Lipinski definition) is 2. The summed E-state index contributed by atoms with van der Waals surface area (Å²) in [6.07, 6.45) is 4.38. The van der Waals surface area contributed by atoms with Gasteiger partial charge in [-0.3, -0.25) is 4.79 Å². The Morgan fingerprint density at radius 1 is 0.938 bits per heavy atom. The molecular weight excluding hydrogens is 206 g/mol. The van der Waals surface area contributed by atoms with E-state index >= 15 is 0 Å².